The summed E-state index contributed by atoms with van der Waals surface area (Å²) < 4.78 is 0. The van der Waals surface area contributed by atoms with E-state index in [0.29, 0.717) is 17.9 Å². The summed E-state index contributed by atoms with van der Waals surface area (Å²) in [7, 11) is 0. The van der Waals surface area contributed by atoms with Gasteiger partial charge in [0.2, 0.25) is 5.91 Å². The number of primary amides is 1. The van der Waals surface area contributed by atoms with Crippen LogP contribution >= 0.6 is 0 Å². The number of carbonyl (C=O) groups excluding carboxylic acids is 2. The van der Waals surface area contributed by atoms with E-state index in [4.69, 9.17) is 5.73 Å². The minimum Gasteiger partial charge on any atom is -0.368 e. The number of hydrogen-bond acceptors (Lipinski definition) is 3. The Morgan fingerprint density at radius 1 is 1.53 bits per heavy atom. The zero-order valence-corrected chi connectivity index (χ0v) is 9.43. The van der Waals surface area contributed by atoms with Gasteiger partial charge in [0.25, 0.3) is 5.91 Å². The molecule has 0 saturated heterocycles. The molecule has 90 valence electrons. The summed E-state index contributed by atoms with van der Waals surface area (Å²) in [5.74, 6) is -0.251. The third-order valence-corrected chi connectivity index (χ3v) is 2.84. The molecule has 1 aliphatic rings. The van der Waals surface area contributed by atoms with Crippen molar-refractivity contribution < 1.29 is 9.59 Å². The van der Waals surface area contributed by atoms with E-state index in [9.17, 15) is 9.59 Å². The molecule has 2 rings (SSSR count). The van der Waals surface area contributed by atoms with Crippen LogP contribution in [0.15, 0.2) is 24.5 Å². The van der Waals surface area contributed by atoms with E-state index in [-0.39, 0.29) is 5.91 Å². The van der Waals surface area contributed by atoms with Crippen molar-refractivity contribution in [3.8, 4) is 0 Å². The molecule has 3 N–H and O–H groups in total. The standard InChI is InChI=1S/C12H15N3O2/c13-11(16)10(6-8-3-4-8)15-12(17)9-2-1-5-14-7-9/h1-2,5,7-8,10H,3-4,6H2,(H2,13,16)(H,15,17)/t10-/m0/s1. The van der Waals surface area contributed by atoms with Gasteiger partial charge in [-0.1, -0.05) is 12.8 Å². The van der Waals surface area contributed by atoms with Crippen LogP contribution in [-0.2, 0) is 4.79 Å². The average molecular weight is 233 g/mol. The fourth-order valence-corrected chi connectivity index (χ4v) is 1.67. The Balaban J connectivity index is 1.97. The van der Waals surface area contributed by atoms with Gasteiger partial charge in [-0.3, -0.25) is 14.6 Å². The lowest BCUT2D eigenvalue weighted by Gasteiger charge is -2.14. The quantitative estimate of drug-likeness (QED) is 0.775. The van der Waals surface area contributed by atoms with Gasteiger partial charge in [-0.25, -0.2) is 0 Å². The van der Waals surface area contributed by atoms with Crippen LogP contribution in [0, 0.1) is 5.92 Å². The summed E-state index contributed by atoms with van der Waals surface area (Å²) in [4.78, 5) is 26.9. The van der Waals surface area contributed by atoms with Crippen LogP contribution in [0.5, 0.6) is 0 Å². The van der Waals surface area contributed by atoms with Crippen molar-refractivity contribution in [3.63, 3.8) is 0 Å². The van der Waals surface area contributed by atoms with Crippen LogP contribution in [0.25, 0.3) is 0 Å². The van der Waals surface area contributed by atoms with Gasteiger partial charge in [0, 0.05) is 12.4 Å². The van der Waals surface area contributed by atoms with E-state index in [0.717, 1.165) is 12.8 Å². The first-order chi connectivity index (χ1) is 8.16. The Bertz CT molecular complexity index is 415. The molecule has 0 bridgehead atoms. The van der Waals surface area contributed by atoms with E-state index in [1.165, 1.54) is 6.20 Å². The van der Waals surface area contributed by atoms with Gasteiger partial charge in [-0.15, -0.1) is 0 Å². The first-order valence-electron chi connectivity index (χ1n) is 5.67. The van der Waals surface area contributed by atoms with Gasteiger partial charge in [0.1, 0.15) is 6.04 Å². The smallest absolute Gasteiger partial charge is 0.253 e. The number of aromatic nitrogens is 1. The molecule has 0 spiro atoms. The maximum Gasteiger partial charge on any atom is 0.253 e. The summed E-state index contributed by atoms with van der Waals surface area (Å²) in [5, 5.41) is 2.65. The van der Waals surface area contributed by atoms with Crippen LogP contribution in [-0.4, -0.2) is 22.8 Å². The molecule has 1 atom stereocenters. The zero-order valence-electron chi connectivity index (χ0n) is 9.43. The third-order valence-electron chi connectivity index (χ3n) is 2.84. The van der Waals surface area contributed by atoms with Gasteiger partial charge in [-0.05, 0) is 24.5 Å². The van der Waals surface area contributed by atoms with Crippen molar-refractivity contribution in [1.29, 1.82) is 0 Å². The van der Waals surface area contributed by atoms with Crippen LogP contribution < -0.4 is 11.1 Å². The largest absolute Gasteiger partial charge is 0.368 e. The molecular weight excluding hydrogens is 218 g/mol. The second-order valence-corrected chi connectivity index (χ2v) is 4.35. The van der Waals surface area contributed by atoms with Crippen LogP contribution in [0.3, 0.4) is 0 Å². The highest BCUT2D eigenvalue weighted by Crippen LogP contribution is 2.33. The molecule has 1 saturated carbocycles. The topological polar surface area (TPSA) is 85.1 Å². The molecule has 2 amide bonds. The summed E-state index contributed by atoms with van der Waals surface area (Å²) in [5.41, 5.74) is 5.71. The molecule has 1 fully saturated rings. The number of amides is 2. The lowest BCUT2D eigenvalue weighted by Crippen LogP contribution is -2.44. The third kappa shape index (κ3) is 3.27. The number of hydrogen-bond donors (Lipinski definition) is 2. The fraction of sp³-hybridized carbons (Fsp3) is 0.417. The zero-order chi connectivity index (χ0) is 12.3. The Hall–Kier alpha value is -1.91. The summed E-state index contributed by atoms with van der Waals surface area (Å²) in [6.45, 7) is 0. The normalized spacial score (nSPS) is 16.2. The van der Waals surface area contributed by atoms with E-state index >= 15 is 0 Å². The highest BCUT2D eigenvalue weighted by molar-refractivity contribution is 5.96. The molecule has 1 aromatic rings. The van der Waals surface area contributed by atoms with E-state index in [2.05, 4.69) is 10.3 Å². The second-order valence-electron chi connectivity index (χ2n) is 4.35. The Kier molecular flexibility index (Phi) is 3.37. The maximum absolute atomic E-state index is 11.8. The number of rotatable bonds is 5. The minimum atomic E-state index is -0.574. The number of nitrogens with two attached hydrogens (primary N) is 1. The molecule has 17 heavy (non-hydrogen) atoms. The molecule has 0 aromatic carbocycles. The Morgan fingerprint density at radius 2 is 2.29 bits per heavy atom. The van der Waals surface area contributed by atoms with Gasteiger partial charge >= 0.3 is 0 Å². The molecular formula is C12H15N3O2. The SMILES string of the molecule is NC(=O)[C@H](CC1CC1)NC(=O)c1cccnc1. The number of nitrogens with zero attached hydrogens (tertiary/aromatic N) is 1. The summed E-state index contributed by atoms with van der Waals surface area (Å²) in [6.07, 6.45) is 5.93. The maximum atomic E-state index is 11.8. The molecule has 0 unspecified atom stereocenters. The predicted octanol–water partition coefficient (Wildman–Crippen LogP) is 0.465. The highest BCUT2D eigenvalue weighted by atomic mass is 16.2. The molecule has 1 heterocycles. The van der Waals surface area contributed by atoms with Gasteiger partial charge in [0.15, 0.2) is 0 Å². The molecule has 0 radical (unpaired) electrons. The van der Waals surface area contributed by atoms with Crippen LogP contribution in [0.2, 0.25) is 0 Å². The van der Waals surface area contributed by atoms with Crippen LogP contribution in [0.4, 0.5) is 0 Å². The highest BCUT2D eigenvalue weighted by Gasteiger charge is 2.29. The van der Waals surface area contributed by atoms with Gasteiger partial charge in [-0.2, -0.15) is 0 Å². The first kappa shape index (κ1) is 11.6. The van der Waals surface area contributed by atoms with E-state index in [1.807, 2.05) is 0 Å². The van der Waals surface area contributed by atoms with Gasteiger partial charge in [0.05, 0.1) is 5.56 Å². The fourth-order valence-electron chi connectivity index (χ4n) is 1.67. The van der Waals surface area contributed by atoms with Crippen molar-refractivity contribution in [2.45, 2.75) is 25.3 Å². The lowest BCUT2D eigenvalue weighted by atomic mass is 10.1. The number of nitrogens with one attached hydrogen (secondary N) is 1. The second kappa shape index (κ2) is 4.95. The number of pyridine rings is 1. The number of carbonyl (C=O) groups is 2. The summed E-state index contributed by atoms with van der Waals surface area (Å²) in [6, 6.07) is 2.75. The molecule has 5 nitrogen and oxygen atoms in total. The van der Waals surface area contributed by atoms with Gasteiger partial charge < -0.3 is 11.1 Å². The van der Waals surface area contributed by atoms with Crippen molar-refractivity contribution in [2.75, 3.05) is 0 Å². The van der Waals surface area contributed by atoms with Crippen molar-refractivity contribution >= 4 is 11.8 Å². The minimum absolute atomic E-state index is 0.303. The molecule has 5 heteroatoms. The predicted molar refractivity (Wildman–Crippen MR) is 62.0 cm³/mol. The van der Waals surface area contributed by atoms with Crippen LogP contribution in [0.1, 0.15) is 29.6 Å². The lowest BCUT2D eigenvalue weighted by molar-refractivity contribution is -0.120. The molecule has 0 aliphatic heterocycles. The van der Waals surface area contributed by atoms with Crippen molar-refractivity contribution in [1.82, 2.24) is 10.3 Å². The molecule has 1 aromatic heterocycles. The molecule has 1 aliphatic carbocycles. The summed E-state index contributed by atoms with van der Waals surface area (Å²) >= 11 is 0. The average Bonchev–Trinajstić information content (AvgIpc) is 3.13. The van der Waals surface area contributed by atoms with E-state index in [1.54, 1.807) is 18.3 Å². The Labute approximate surface area is 99.4 Å². The monoisotopic (exact) mass is 233 g/mol. The first-order valence-corrected chi connectivity index (χ1v) is 5.67. The van der Waals surface area contributed by atoms with Crippen molar-refractivity contribution in [3.05, 3.63) is 30.1 Å². The van der Waals surface area contributed by atoms with E-state index < -0.39 is 11.9 Å². The van der Waals surface area contributed by atoms with Crippen molar-refractivity contribution in [2.24, 2.45) is 11.7 Å². The Morgan fingerprint density at radius 3 is 2.82 bits per heavy atom.